The van der Waals surface area contributed by atoms with Gasteiger partial charge in [-0.1, -0.05) is 37.3 Å². The zero-order valence-electron chi connectivity index (χ0n) is 16.0. The van der Waals surface area contributed by atoms with Crippen LogP contribution in [-0.2, 0) is 6.42 Å². The number of aryl methyl sites for hydroxylation is 1. The van der Waals surface area contributed by atoms with Crippen molar-refractivity contribution in [1.82, 2.24) is 14.8 Å². The highest BCUT2D eigenvalue weighted by atomic mass is 16.2. The van der Waals surface area contributed by atoms with Crippen LogP contribution in [0.2, 0.25) is 0 Å². The Morgan fingerprint density at radius 1 is 0.857 bits per heavy atom. The van der Waals surface area contributed by atoms with Crippen molar-refractivity contribution in [3.63, 3.8) is 0 Å². The van der Waals surface area contributed by atoms with E-state index in [0.29, 0.717) is 37.3 Å². The number of para-hydroxylation sites is 1. The fourth-order valence-electron chi connectivity index (χ4n) is 3.63. The molecule has 2 aromatic carbocycles. The molecule has 1 aliphatic rings. The highest BCUT2D eigenvalue weighted by Gasteiger charge is 2.26. The van der Waals surface area contributed by atoms with Gasteiger partial charge < -0.3 is 9.80 Å². The van der Waals surface area contributed by atoms with Crippen molar-refractivity contribution >= 4 is 22.7 Å². The van der Waals surface area contributed by atoms with E-state index in [9.17, 15) is 9.59 Å². The zero-order valence-corrected chi connectivity index (χ0v) is 16.0. The van der Waals surface area contributed by atoms with Gasteiger partial charge in [0.15, 0.2) is 0 Å². The second kappa shape index (κ2) is 7.80. The van der Waals surface area contributed by atoms with Crippen LogP contribution < -0.4 is 0 Å². The Balaban J connectivity index is 1.44. The molecule has 0 aliphatic carbocycles. The first kappa shape index (κ1) is 18.2. The number of pyridine rings is 1. The van der Waals surface area contributed by atoms with Gasteiger partial charge in [-0.25, -0.2) is 0 Å². The molecule has 5 heteroatoms. The number of carbonyl (C=O) groups excluding carboxylic acids is 2. The van der Waals surface area contributed by atoms with Crippen LogP contribution in [0.5, 0.6) is 0 Å². The molecule has 1 fully saturated rings. The van der Waals surface area contributed by atoms with Gasteiger partial charge in [-0.15, -0.1) is 0 Å². The topological polar surface area (TPSA) is 53.5 Å². The van der Waals surface area contributed by atoms with Crippen molar-refractivity contribution in [2.24, 2.45) is 0 Å². The Morgan fingerprint density at radius 3 is 2.18 bits per heavy atom. The summed E-state index contributed by atoms with van der Waals surface area (Å²) in [5, 5.41) is 0.956. The molecule has 0 saturated carbocycles. The number of nitrogens with zero attached hydrogens (tertiary/aromatic N) is 3. The van der Waals surface area contributed by atoms with Gasteiger partial charge in [0, 0.05) is 43.3 Å². The second-order valence-electron chi connectivity index (χ2n) is 7.02. The van der Waals surface area contributed by atoms with Crippen molar-refractivity contribution in [2.75, 3.05) is 26.2 Å². The summed E-state index contributed by atoms with van der Waals surface area (Å²) >= 11 is 0. The SMILES string of the molecule is CCc1ccc(C(=O)N2CCN(C(=O)c3cccc4cccnc34)CC2)cc1. The van der Waals surface area contributed by atoms with E-state index in [1.54, 1.807) is 6.20 Å². The van der Waals surface area contributed by atoms with E-state index < -0.39 is 0 Å². The lowest BCUT2D eigenvalue weighted by Gasteiger charge is -2.35. The molecule has 2 amide bonds. The molecule has 1 aromatic heterocycles. The molecule has 2 heterocycles. The molecular formula is C23H23N3O2. The third-order valence-electron chi connectivity index (χ3n) is 5.33. The fourth-order valence-corrected chi connectivity index (χ4v) is 3.63. The van der Waals surface area contributed by atoms with Gasteiger partial charge >= 0.3 is 0 Å². The van der Waals surface area contributed by atoms with Crippen molar-refractivity contribution < 1.29 is 9.59 Å². The van der Waals surface area contributed by atoms with E-state index in [1.165, 1.54) is 5.56 Å². The van der Waals surface area contributed by atoms with Crippen molar-refractivity contribution in [3.05, 3.63) is 77.5 Å². The van der Waals surface area contributed by atoms with E-state index in [4.69, 9.17) is 0 Å². The monoisotopic (exact) mass is 373 g/mol. The number of piperazine rings is 1. The van der Waals surface area contributed by atoms with Crippen LogP contribution in [-0.4, -0.2) is 52.8 Å². The highest BCUT2D eigenvalue weighted by molar-refractivity contribution is 6.05. The molecule has 0 unspecified atom stereocenters. The Hall–Kier alpha value is -3.21. The van der Waals surface area contributed by atoms with E-state index in [1.807, 2.05) is 64.4 Å². The fraction of sp³-hybridized carbons (Fsp3) is 0.261. The summed E-state index contributed by atoms with van der Waals surface area (Å²) in [5.41, 5.74) is 3.27. The molecule has 0 radical (unpaired) electrons. The lowest BCUT2D eigenvalue weighted by atomic mass is 10.1. The average molecular weight is 373 g/mol. The van der Waals surface area contributed by atoms with E-state index >= 15 is 0 Å². The molecule has 4 rings (SSSR count). The van der Waals surface area contributed by atoms with Gasteiger partial charge in [0.05, 0.1) is 11.1 Å². The van der Waals surface area contributed by atoms with Crippen LogP contribution >= 0.6 is 0 Å². The standard InChI is InChI=1S/C23H23N3O2/c1-2-17-8-10-19(11-9-17)22(27)25-13-15-26(16-14-25)23(28)20-7-3-5-18-6-4-12-24-21(18)20/h3-12H,2,13-16H2,1H3. The summed E-state index contributed by atoms with van der Waals surface area (Å²) in [5.74, 6) is 0.00489. The molecule has 0 spiro atoms. The number of fused-ring (bicyclic) bond motifs is 1. The Bertz CT molecular complexity index is 1000. The van der Waals surface area contributed by atoms with Crippen LogP contribution in [0.15, 0.2) is 60.8 Å². The Morgan fingerprint density at radius 2 is 1.50 bits per heavy atom. The number of amides is 2. The van der Waals surface area contributed by atoms with Crippen molar-refractivity contribution in [1.29, 1.82) is 0 Å². The number of hydrogen-bond donors (Lipinski definition) is 0. The molecule has 0 atom stereocenters. The Labute approximate surface area is 164 Å². The molecule has 1 saturated heterocycles. The van der Waals surface area contributed by atoms with Gasteiger partial charge in [-0.2, -0.15) is 0 Å². The van der Waals surface area contributed by atoms with E-state index in [0.717, 1.165) is 17.3 Å². The van der Waals surface area contributed by atoms with Gasteiger partial charge in [-0.05, 0) is 36.2 Å². The molecular weight excluding hydrogens is 350 g/mol. The van der Waals surface area contributed by atoms with Gasteiger partial charge in [0.25, 0.3) is 11.8 Å². The number of hydrogen-bond acceptors (Lipinski definition) is 3. The minimum Gasteiger partial charge on any atom is -0.335 e. The first-order chi connectivity index (χ1) is 13.7. The van der Waals surface area contributed by atoms with E-state index in [-0.39, 0.29) is 11.8 Å². The number of benzene rings is 2. The molecule has 0 N–H and O–H groups in total. The smallest absolute Gasteiger partial charge is 0.256 e. The first-order valence-corrected chi connectivity index (χ1v) is 9.68. The van der Waals surface area contributed by atoms with Crippen molar-refractivity contribution in [3.8, 4) is 0 Å². The summed E-state index contributed by atoms with van der Waals surface area (Å²) in [7, 11) is 0. The summed E-state index contributed by atoms with van der Waals surface area (Å²) in [6.45, 7) is 4.23. The highest BCUT2D eigenvalue weighted by Crippen LogP contribution is 2.19. The van der Waals surface area contributed by atoms with Gasteiger partial charge in [0.2, 0.25) is 0 Å². The maximum Gasteiger partial charge on any atom is 0.256 e. The van der Waals surface area contributed by atoms with Gasteiger partial charge in [0.1, 0.15) is 0 Å². The minimum absolute atomic E-state index is 0.0244. The molecule has 142 valence electrons. The third-order valence-corrected chi connectivity index (χ3v) is 5.33. The van der Waals surface area contributed by atoms with Crippen LogP contribution in [0.3, 0.4) is 0 Å². The van der Waals surface area contributed by atoms with E-state index in [2.05, 4.69) is 11.9 Å². The minimum atomic E-state index is -0.0244. The number of rotatable bonds is 3. The largest absolute Gasteiger partial charge is 0.335 e. The number of aromatic nitrogens is 1. The maximum absolute atomic E-state index is 13.0. The molecule has 28 heavy (non-hydrogen) atoms. The second-order valence-corrected chi connectivity index (χ2v) is 7.02. The van der Waals surface area contributed by atoms with Gasteiger partial charge in [-0.3, -0.25) is 14.6 Å². The summed E-state index contributed by atoms with van der Waals surface area (Å²) in [6.07, 6.45) is 2.66. The predicted octanol–water partition coefficient (Wildman–Crippen LogP) is 3.40. The maximum atomic E-state index is 13.0. The number of carbonyl (C=O) groups is 2. The van der Waals surface area contributed by atoms with Crippen LogP contribution in [0, 0.1) is 0 Å². The summed E-state index contributed by atoms with van der Waals surface area (Å²) < 4.78 is 0. The van der Waals surface area contributed by atoms with Crippen LogP contribution in [0.1, 0.15) is 33.2 Å². The molecule has 0 bridgehead atoms. The third kappa shape index (κ3) is 3.48. The summed E-state index contributed by atoms with van der Waals surface area (Å²) in [6, 6.07) is 17.3. The molecule has 3 aromatic rings. The predicted molar refractivity (Wildman–Crippen MR) is 109 cm³/mol. The first-order valence-electron chi connectivity index (χ1n) is 9.68. The zero-order chi connectivity index (χ0) is 19.5. The summed E-state index contributed by atoms with van der Waals surface area (Å²) in [4.78, 5) is 33.8. The Kier molecular flexibility index (Phi) is 5.06. The lowest BCUT2D eigenvalue weighted by Crippen LogP contribution is -2.50. The molecule has 1 aliphatic heterocycles. The normalized spacial score (nSPS) is 14.3. The quantitative estimate of drug-likeness (QED) is 0.707. The average Bonchev–Trinajstić information content (AvgIpc) is 2.78. The van der Waals surface area contributed by atoms with Crippen molar-refractivity contribution in [2.45, 2.75) is 13.3 Å². The van der Waals surface area contributed by atoms with Crippen LogP contribution in [0.4, 0.5) is 0 Å². The lowest BCUT2D eigenvalue weighted by molar-refractivity contribution is 0.0536. The molecule has 5 nitrogen and oxygen atoms in total. The van der Waals surface area contributed by atoms with Crippen LogP contribution in [0.25, 0.3) is 10.9 Å².